The van der Waals surface area contributed by atoms with Gasteiger partial charge in [0.2, 0.25) is 5.95 Å². The summed E-state index contributed by atoms with van der Waals surface area (Å²) in [5, 5.41) is 0.0215. The Morgan fingerprint density at radius 3 is 2.50 bits per heavy atom. The minimum absolute atomic E-state index is 0.0215. The summed E-state index contributed by atoms with van der Waals surface area (Å²) < 4.78 is 13.0. The van der Waals surface area contributed by atoms with Crippen LogP contribution < -0.4 is 11.5 Å². The highest BCUT2D eigenvalue weighted by Gasteiger charge is 2.06. The van der Waals surface area contributed by atoms with Crippen LogP contribution in [0.3, 0.4) is 0 Å². The van der Waals surface area contributed by atoms with Gasteiger partial charge < -0.3 is 11.5 Å². The summed E-state index contributed by atoms with van der Waals surface area (Å²) in [6.45, 7) is 0. The Kier molecular flexibility index (Phi) is 2.62. The normalized spacial score (nSPS) is 10.4. The predicted molar refractivity (Wildman–Crippen MR) is 61.3 cm³/mol. The molecule has 2 rings (SSSR count). The Morgan fingerprint density at radius 1 is 1.12 bits per heavy atom. The molecule has 1 aromatic carbocycles. The SMILES string of the molecule is Nc1cc(-c2ccc(F)c(Cl)c2)nc(N)n1. The largest absolute Gasteiger partial charge is 0.384 e. The van der Waals surface area contributed by atoms with Crippen molar-refractivity contribution in [2.45, 2.75) is 0 Å². The van der Waals surface area contributed by atoms with Crippen molar-refractivity contribution >= 4 is 23.4 Å². The van der Waals surface area contributed by atoms with Crippen LogP contribution in [0.4, 0.5) is 16.2 Å². The first-order valence-electron chi connectivity index (χ1n) is 4.42. The lowest BCUT2D eigenvalue weighted by molar-refractivity contribution is 0.628. The third-order valence-electron chi connectivity index (χ3n) is 1.98. The highest BCUT2D eigenvalue weighted by Crippen LogP contribution is 2.24. The number of nitrogen functional groups attached to an aromatic ring is 2. The molecule has 0 saturated heterocycles. The zero-order chi connectivity index (χ0) is 11.7. The molecule has 0 aliphatic heterocycles. The van der Waals surface area contributed by atoms with E-state index in [2.05, 4.69) is 9.97 Å². The van der Waals surface area contributed by atoms with Crippen LogP contribution in [0.1, 0.15) is 0 Å². The highest BCUT2D eigenvalue weighted by atomic mass is 35.5. The molecule has 6 heteroatoms. The van der Waals surface area contributed by atoms with E-state index >= 15 is 0 Å². The maximum atomic E-state index is 13.0. The molecule has 2 aromatic rings. The van der Waals surface area contributed by atoms with Gasteiger partial charge in [0.05, 0.1) is 10.7 Å². The molecule has 1 heterocycles. The molecule has 0 saturated carbocycles. The van der Waals surface area contributed by atoms with Crippen molar-refractivity contribution in [3.8, 4) is 11.3 Å². The van der Waals surface area contributed by atoms with Gasteiger partial charge in [0.1, 0.15) is 11.6 Å². The summed E-state index contributed by atoms with van der Waals surface area (Å²) in [5.41, 5.74) is 12.1. The van der Waals surface area contributed by atoms with E-state index in [9.17, 15) is 4.39 Å². The molecule has 0 atom stereocenters. The predicted octanol–water partition coefficient (Wildman–Crippen LogP) is 2.10. The lowest BCUT2D eigenvalue weighted by atomic mass is 10.1. The fourth-order valence-electron chi connectivity index (χ4n) is 1.29. The summed E-state index contributed by atoms with van der Waals surface area (Å²) in [4.78, 5) is 7.72. The number of anilines is 2. The monoisotopic (exact) mass is 238 g/mol. The van der Waals surface area contributed by atoms with Gasteiger partial charge in [-0.2, -0.15) is 4.98 Å². The molecule has 0 amide bonds. The Morgan fingerprint density at radius 2 is 1.88 bits per heavy atom. The summed E-state index contributed by atoms with van der Waals surface area (Å²) in [6.07, 6.45) is 0. The molecule has 0 bridgehead atoms. The molecule has 4 nitrogen and oxygen atoms in total. The first-order chi connectivity index (χ1) is 7.56. The number of hydrogen-bond acceptors (Lipinski definition) is 4. The van der Waals surface area contributed by atoms with E-state index in [1.54, 1.807) is 12.1 Å². The second-order valence-electron chi connectivity index (χ2n) is 3.17. The molecular weight excluding hydrogens is 231 g/mol. The maximum absolute atomic E-state index is 13.0. The molecule has 4 N–H and O–H groups in total. The second-order valence-corrected chi connectivity index (χ2v) is 3.57. The third kappa shape index (κ3) is 2.04. The Labute approximate surface area is 96.1 Å². The standard InChI is InChI=1S/C10H8ClFN4/c11-6-3-5(1-2-7(6)12)8-4-9(13)16-10(14)15-8/h1-4H,(H4,13,14,15,16). The van der Waals surface area contributed by atoms with Gasteiger partial charge in [0.15, 0.2) is 0 Å². The maximum Gasteiger partial charge on any atom is 0.222 e. The lowest BCUT2D eigenvalue weighted by Crippen LogP contribution is -2.00. The molecule has 16 heavy (non-hydrogen) atoms. The van der Waals surface area contributed by atoms with Crippen molar-refractivity contribution in [1.82, 2.24) is 9.97 Å². The van der Waals surface area contributed by atoms with Crippen LogP contribution in [-0.4, -0.2) is 9.97 Å². The van der Waals surface area contributed by atoms with Crippen LogP contribution in [-0.2, 0) is 0 Å². The van der Waals surface area contributed by atoms with E-state index in [0.717, 1.165) is 0 Å². The minimum Gasteiger partial charge on any atom is -0.384 e. The van der Waals surface area contributed by atoms with Gasteiger partial charge in [-0.15, -0.1) is 0 Å². The van der Waals surface area contributed by atoms with Crippen molar-refractivity contribution in [2.24, 2.45) is 0 Å². The highest BCUT2D eigenvalue weighted by molar-refractivity contribution is 6.31. The molecular formula is C10H8ClFN4. The molecule has 0 fully saturated rings. The molecule has 82 valence electrons. The molecule has 0 radical (unpaired) electrons. The molecule has 0 aliphatic rings. The zero-order valence-corrected chi connectivity index (χ0v) is 8.87. The van der Waals surface area contributed by atoms with Gasteiger partial charge in [-0.05, 0) is 18.2 Å². The topological polar surface area (TPSA) is 77.8 Å². The van der Waals surface area contributed by atoms with Crippen molar-refractivity contribution in [3.05, 3.63) is 35.1 Å². The van der Waals surface area contributed by atoms with Gasteiger partial charge in [0.25, 0.3) is 0 Å². The Hall–Kier alpha value is -1.88. The van der Waals surface area contributed by atoms with E-state index in [1.165, 1.54) is 12.1 Å². The fraction of sp³-hybridized carbons (Fsp3) is 0. The van der Waals surface area contributed by atoms with Gasteiger partial charge in [0, 0.05) is 11.6 Å². The summed E-state index contributed by atoms with van der Waals surface area (Å²) in [6, 6.07) is 5.80. The molecule has 0 aliphatic carbocycles. The second kappa shape index (κ2) is 3.94. The first kappa shape index (κ1) is 10.6. The number of aromatic nitrogens is 2. The van der Waals surface area contributed by atoms with Crippen LogP contribution in [0.25, 0.3) is 11.3 Å². The van der Waals surface area contributed by atoms with Gasteiger partial charge in [-0.25, -0.2) is 9.37 Å². The quantitative estimate of drug-likeness (QED) is 0.798. The van der Waals surface area contributed by atoms with E-state index in [1.807, 2.05) is 0 Å². The smallest absolute Gasteiger partial charge is 0.222 e. The number of halogens is 2. The Bertz CT molecular complexity index is 524. The van der Waals surface area contributed by atoms with Crippen LogP contribution in [0.15, 0.2) is 24.3 Å². The minimum atomic E-state index is -0.486. The Balaban J connectivity index is 2.54. The average Bonchev–Trinajstić information content (AvgIpc) is 2.20. The molecule has 0 spiro atoms. The van der Waals surface area contributed by atoms with Gasteiger partial charge in [-0.3, -0.25) is 0 Å². The first-order valence-corrected chi connectivity index (χ1v) is 4.79. The van der Waals surface area contributed by atoms with Crippen LogP contribution in [0.5, 0.6) is 0 Å². The third-order valence-corrected chi connectivity index (χ3v) is 2.27. The number of benzene rings is 1. The van der Waals surface area contributed by atoms with Crippen molar-refractivity contribution in [2.75, 3.05) is 11.5 Å². The lowest BCUT2D eigenvalue weighted by Gasteiger charge is -2.04. The average molecular weight is 239 g/mol. The van der Waals surface area contributed by atoms with Crippen LogP contribution in [0, 0.1) is 5.82 Å². The van der Waals surface area contributed by atoms with E-state index in [0.29, 0.717) is 11.3 Å². The number of nitrogens with two attached hydrogens (primary N) is 2. The molecule has 0 unspecified atom stereocenters. The summed E-state index contributed by atoms with van der Waals surface area (Å²) >= 11 is 5.66. The summed E-state index contributed by atoms with van der Waals surface area (Å²) in [5.74, 6) is -0.168. The number of hydrogen-bond donors (Lipinski definition) is 2. The van der Waals surface area contributed by atoms with Gasteiger partial charge in [-0.1, -0.05) is 11.6 Å². The zero-order valence-electron chi connectivity index (χ0n) is 8.11. The van der Waals surface area contributed by atoms with Gasteiger partial charge >= 0.3 is 0 Å². The molecule has 1 aromatic heterocycles. The van der Waals surface area contributed by atoms with Crippen molar-refractivity contribution < 1.29 is 4.39 Å². The van der Waals surface area contributed by atoms with E-state index < -0.39 is 5.82 Å². The van der Waals surface area contributed by atoms with Crippen LogP contribution in [0.2, 0.25) is 5.02 Å². The van der Waals surface area contributed by atoms with E-state index in [-0.39, 0.29) is 16.8 Å². The van der Waals surface area contributed by atoms with Crippen molar-refractivity contribution in [1.29, 1.82) is 0 Å². The fourth-order valence-corrected chi connectivity index (χ4v) is 1.47. The summed E-state index contributed by atoms with van der Waals surface area (Å²) in [7, 11) is 0. The number of nitrogens with zero attached hydrogens (tertiary/aromatic N) is 2. The van der Waals surface area contributed by atoms with E-state index in [4.69, 9.17) is 23.1 Å². The van der Waals surface area contributed by atoms with Crippen LogP contribution >= 0.6 is 11.6 Å². The number of rotatable bonds is 1. The van der Waals surface area contributed by atoms with Crippen molar-refractivity contribution in [3.63, 3.8) is 0 Å².